The molecular weight excluding hydrogens is 318 g/mol. The Hall–Kier alpha value is -1.03. The number of amides is 1. The van der Waals surface area contributed by atoms with Gasteiger partial charge in [-0.3, -0.25) is 4.79 Å². The van der Waals surface area contributed by atoms with Crippen molar-refractivity contribution in [2.24, 2.45) is 5.92 Å². The minimum Gasteiger partial charge on any atom is -0.493 e. The normalized spacial score (nSPS) is 18.8. The van der Waals surface area contributed by atoms with Crippen molar-refractivity contribution in [2.45, 2.75) is 32.1 Å². The monoisotopic (exact) mass is 339 g/mol. The van der Waals surface area contributed by atoms with E-state index >= 15 is 0 Å². The van der Waals surface area contributed by atoms with E-state index in [4.69, 9.17) is 4.74 Å². The number of carbonyl (C=O) groups excluding carboxylic acids is 1. The summed E-state index contributed by atoms with van der Waals surface area (Å²) in [5, 5.41) is 4.10. The van der Waals surface area contributed by atoms with Crippen molar-refractivity contribution in [3.63, 3.8) is 0 Å². The molecule has 20 heavy (non-hydrogen) atoms. The number of ether oxygens (including phenoxy) is 1. The van der Waals surface area contributed by atoms with Crippen LogP contribution in [0.3, 0.4) is 0 Å². The average Bonchev–Trinajstić information content (AvgIpc) is 2.50. The summed E-state index contributed by atoms with van der Waals surface area (Å²) < 4.78 is 5.60. The molecule has 1 N–H and O–H groups in total. The van der Waals surface area contributed by atoms with Crippen LogP contribution in [-0.2, 0) is 4.79 Å². The Morgan fingerprint density at radius 2 is 2.30 bits per heavy atom. The summed E-state index contributed by atoms with van der Waals surface area (Å²) in [5.41, 5.74) is 1.02. The van der Waals surface area contributed by atoms with E-state index in [2.05, 4.69) is 28.2 Å². The van der Waals surface area contributed by atoms with Crippen LogP contribution in [0.15, 0.2) is 24.3 Å². The molecule has 1 heterocycles. The second-order valence-corrected chi connectivity index (χ2v) is 6.02. The number of nitrogens with one attached hydrogen (secondary N) is 1. The number of halogens is 1. The van der Waals surface area contributed by atoms with Gasteiger partial charge in [-0.05, 0) is 24.8 Å². The maximum absolute atomic E-state index is 12.4. The summed E-state index contributed by atoms with van der Waals surface area (Å²) in [6, 6.07) is 7.85. The highest BCUT2D eigenvalue weighted by Crippen LogP contribution is 2.33. The summed E-state index contributed by atoms with van der Waals surface area (Å²) in [6.07, 6.45) is 2.95. The van der Waals surface area contributed by atoms with Crippen molar-refractivity contribution < 1.29 is 9.53 Å². The lowest BCUT2D eigenvalue weighted by molar-refractivity contribution is -0.123. The van der Waals surface area contributed by atoms with Gasteiger partial charge in [0, 0.05) is 17.4 Å². The highest BCUT2D eigenvalue weighted by atomic mass is 79.9. The number of para-hydroxylation sites is 1. The van der Waals surface area contributed by atoms with Gasteiger partial charge in [0.25, 0.3) is 0 Å². The van der Waals surface area contributed by atoms with Crippen LogP contribution in [0.5, 0.6) is 5.75 Å². The van der Waals surface area contributed by atoms with E-state index < -0.39 is 0 Å². The zero-order valence-electron chi connectivity index (χ0n) is 11.9. The van der Waals surface area contributed by atoms with Crippen LogP contribution in [-0.4, -0.2) is 24.4 Å². The van der Waals surface area contributed by atoms with Crippen LogP contribution in [0, 0.1) is 5.92 Å². The number of hydrogen-bond donors (Lipinski definition) is 1. The van der Waals surface area contributed by atoms with E-state index in [9.17, 15) is 4.79 Å². The van der Waals surface area contributed by atoms with E-state index in [0.29, 0.717) is 12.5 Å². The Bertz CT molecular complexity index is 450. The van der Waals surface area contributed by atoms with Crippen molar-refractivity contribution >= 4 is 21.8 Å². The van der Waals surface area contributed by atoms with Crippen molar-refractivity contribution in [3.05, 3.63) is 29.8 Å². The van der Waals surface area contributed by atoms with Crippen LogP contribution in [0.1, 0.15) is 37.7 Å². The molecule has 4 heteroatoms. The van der Waals surface area contributed by atoms with Crippen molar-refractivity contribution in [3.8, 4) is 5.75 Å². The first kappa shape index (κ1) is 15.4. The minimum absolute atomic E-state index is 0.0681. The first-order valence-corrected chi connectivity index (χ1v) is 8.43. The Labute approximate surface area is 129 Å². The van der Waals surface area contributed by atoms with Crippen LogP contribution in [0.4, 0.5) is 0 Å². The number of hydrogen-bond acceptors (Lipinski definition) is 2. The second kappa shape index (κ2) is 7.67. The highest BCUT2D eigenvalue weighted by molar-refractivity contribution is 9.09. The number of alkyl halides is 1. The summed E-state index contributed by atoms with van der Waals surface area (Å²) in [5.74, 6) is 1.47. The number of rotatable bonds is 6. The third-order valence-corrected chi connectivity index (χ3v) is 4.39. The summed E-state index contributed by atoms with van der Waals surface area (Å²) in [6.45, 7) is 3.55. The topological polar surface area (TPSA) is 38.3 Å². The number of carbonyl (C=O) groups is 1. The SMILES string of the molecule is CCC(CCBr)CNC(=O)C1CCOc2ccccc21. The Kier molecular flexibility index (Phi) is 5.89. The minimum atomic E-state index is -0.0681. The van der Waals surface area contributed by atoms with E-state index in [1.54, 1.807) is 0 Å². The molecule has 110 valence electrons. The molecule has 0 aromatic heterocycles. The van der Waals surface area contributed by atoms with Crippen LogP contribution >= 0.6 is 15.9 Å². The molecule has 1 amide bonds. The molecule has 0 fully saturated rings. The lowest BCUT2D eigenvalue weighted by Crippen LogP contribution is -2.35. The number of fused-ring (bicyclic) bond motifs is 1. The van der Waals surface area contributed by atoms with Gasteiger partial charge in [-0.1, -0.05) is 47.5 Å². The molecular formula is C16H22BrNO2. The average molecular weight is 340 g/mol. The van der Waals surface area contributed by atoms with Crippen LogP contribution < -0.4 is 10.1 Å². The van der Waals surface area contributed by atoms with Gasteiger partial charge in [-0.25, -0.2) is 0 Å². The van der Waals surface area contributed by atoms with Gasteiger partial charge < -0.3 is 10.1 Å². The maximum atomic E-state index is 12.4. The molecule has 3 nitrogen and oxygen atoms in total. The first-order valence-electron chi connectivity index (χ1n) is 7.31. The van der Waals surface area contributed by atoms with Crippen LogP contribution in [0.25, 0.3) is 0 Å². The standard InChI is InChI=1S/C16H22BrNO2/c1-2-12(7-9-17)11-18-16(19)14-8-10-20-15-6-4-3-5-13(14)15/h3-6,12,14H,2,7-11H2,1H3,(H,18,19). The molecule has 0 bridgehead atoms. The zero-order valence-corrected chi connectivity index (χ0v) is 13.5. The molecule has 0 radical (unpaired) electrons. The third kappa shape index (κ3) is 3.75. The van der Waals surface area contributed by atoms with Crippen molar-refractivity contribution in [1.29, 1.82) is 0 Å². The molecule has 1 aromatic rings. The highest BCUT2D eigenvalue weighted by Gasteiger charge is 2.27. The Morgan fingerprint density at radius 3 is 3.05 bits per heavy atom. The molecule has 0 saturated heterocycles. The summed E-state index contributed by atoms with van der Waals surface area (Å²) in [4.78, 5) is 12.4. The fraction of sp³-hybridized carbons (Fsp3) is 0.562. The fourth-order valence-corrected chi connectivity index (χ4v) is 3.23. The van der Waals surface area contributed by atoms with Gasteiger partial charge in [-0.15, -0.1) is 0 Å². The van der Waals surface area contributed by atoms with Gasteiger partial charge in [0.05, 0.1) is 12.5 Å². The molecule has 1 aliphatic heterocycles. The molecule has 1 aromatic carbocycles. The van der Waals surface area contributed by atoms with Crippen molar-refractivity contribution in [2.75, 3.05) is 18.5 Å². The van der Waals surface area contributed by atoms with Gasteiger partial charge in [0.2, 0.25) is 5.91 Å². The Morgan fingerprint density at radius 1 is 1.50 bits per heavy atom. The molecule has 0 spiro atoms. The van der Waals surface area contributed by atoms with Gasteiger partial charge in [0.15, 0.2) is 0 Å². The van der Waals surface area contributed by atoms with Gasteiger partial charge >= 0.3 is 0 Å². The predicted molar refractivity (Wildman–Crippen MR) is 84.5 cm³/mol. The third-order valence-electron chi connectivity index (χ3n) is 3.93. The maximum Gasteiger partial charge on any atom is 0.227 e. The smallest absolute Gasteiger partial charge is 0.227 e. The quantitative estimate of drug-likeness (QED) is 0.805. The van der Waals surface area contributed by atoms with Gasteiger partial charge in [0.1, 0.15) is 5.75 Å². The zero-order chi connectivity index (χ0) is 14.4. The van der Waals surface area contributed by atoms with E-state index in [1.165, 1.54) is 0 Å². The van der Waals surface area contributed by atoms with Gasteiger partial charge in [-0.2, -0.15) is 0 Å². The van der Waals surface area contributed by atoms with Crippen LogP contribution in [0.2, 0.25) is 0 Å². The fourth-order valence-electron chi connectivity index (χ4n) is 2.59. The first-order chi connectivity index (χ1) is 9.76. The van der Waals surface area contributed by atoms with E-state index in [1.807, 2.05) is 24.3 Å². The largest absolute Gasteiger partial charge is 0.493 e. The molecule has 2 rings (SSSR count). The van der Waals surface area contributed by atoms with E-state index in [0.717, 1.165) is 42.5 Å². The molecule has 2 atom stereocenters. The predicted octanol–water partition coefficient (Wildman–Crippen LogP) is 3.48. The van der Waals surface area contributed by atoms with Crippen molar-refractivity contribution in [1.82, 2.24) is 5.32 Å². The number of benzene rings is 1. The second-order valence-electron chi connectivity index (χ2n) is 5.22. The molecule has 1 aliphatic rings. The summed E-state index contributed by atoms with van der Waals surface area (Å²) in [7, 11) is 0. The molecule has 0 saturated carbocycles. The lowest BCUT2D eigenvalue weighted by atomic mass is 9.92. The lowest BCUT2D eigenvalue weighted by Gasteiger charge is -2.25. The van der Waals surface area contributed by atoms with E-state index in [-0.39, 0.29) is 11.8 Å². The Balaban J connectivity index is 1.97. The molecule has 0 aliphatic carbocycles. The molecule has 2 unspecified atom stereocenters. The summed E-state index contributed by atoms with van der Waals surface area (Å²) >= 11 is 3.47.